The van der Waals surface area contributed by atoms with Crippen molar-refractivity contribution in [2.24, 2.45) is 5.73 Å². The number of primary amides is 1. The van der Waals surface area contributed by atoms with Crippen molar-refractivity contribution in [1.29, 1.82) is 0 Å². The molecule has 1 amide bonds. The summed E-state index contributed by atoms with van der Waals surface area (Å²) < 4.78 is 0. The molecule has 0 saturated carbocycles. The van der Waals surface area contributed by atoms with Gasteiger partial charge in [0.2, 0.25) is 5.91 Å². The van der Waals surface area contributed by atoms with E-state index in [-0.39, 0.29) is 6.54 Å². The Morgan fingerprint density at radius 1 is 1.79 bits per heavy atom. The number of nitrogens with two attached hydrogens (primary N) is 1. The van der Waals surface area contributed by atoms with Crippen LogP contribution < -0.4 is 11.1 Å². The standard InChI is InChI=1S/C9H19N3O2/c1-12-4-2-3-7(6-12)11-5-8(13)9(10)14/h7-8,11,13H,2-6H2,1H3,(H2,10,14). The van der Waals surface area contributed by atoms with Crippen LogP contribution in [0.1, 0.15) is 12.8 Å². The lowest BCUT2D eigenvalue weighted by atomic mass is 10.1. The van der Waals surface area contributed by atoms with Gasteiger partial charge in [-0.25, -0.2) is 0 Å². The SMILES string of the molecule is CN1CCCC(NCC(O)C(N)=O)C1. The summed E-state index contributed by atoms with van der Waals surface area (Å²) >= 11 is 0. The van der Waals surface area contributed by atoms with Crippen LogP contribution in [-0.4, -0.2) is 54.7 Å². The van der Waals surface area contributed by atoms with Crippen molar-refractivity contribution in [3.8, 4) is 0 Å². The third-order valence-corrected chi connectivity index (χ3v) is 2.55. The van der Waals surface area contributed by atoms with E-state index in [1.165, 1.54) is 0 Å². The van der Waals surface area contributed by atoms with E-state index in [0.29, 0.717) is 6.04 Å². The van der Waals surface area contributed by atoms with Gasteiger partial charge in [-0.3, -0.25) is 4.79 Å². The van der Waals surface area contributed by atoms with Crippen molar-refractivity contribution >= 4 is 5.91 Å². The normalized spacial score (nSPS) is 26.0. The zero-order valence-electron chi connectivity index (χ0n) is 8.57. The molecule has 14 heavy (non-hydrogen) atoms. The summed E-state index contributed by atoms with van der Waals surface area (Å²) in [7, 11) is 2.07. The number of carbonyl (C=O) groups excluding carboxylic acids is 1. The van der Waals surface area contributed by atoms with Gasteiger partial charge in [-0.2, -0.15) is 0 Å². The van der Waals surface area contributed by atoms with Gasteiger partial charge in [0.25, 0.3) is 0 Å². The van der Waals surface area contributed by atoms with Crippen LogP contribution >= 0.6 is 0 Å². The highest BCUT2D eigenvalue weighted by Gasteiger charge is 2.18. The number of rotatable bonds is 4. The van der Waals surface area contributed by atoms with Crippen molar-refractivity contribution < 1.29 is 9.90 Å². The van der Waals surface area contributed by atoms with Crippen LogP contribution in [0.25, 0.3) is 0 Å². The molecule has 1 aliphatic heterocycles. The van der Waals surface area contributed by atoms with Crippen molar-refractivity contribution in [2.75, 3.05) is 26.7 Å². The molecule has 82 valence electrons. The van der Waals surface area contributed by atoms with E-state index in [4.69, 9.17) is 5.73 Å². The summed E-state index contributed by atoms with van der Waals surface area (Å²) in [5.41, 5.74) is 4.94. The minimum absolute atomic E-state index is 0.258. The van der Waals surface area contributed by atoms with Crippen molar-refractivity contribution in [3.05, 3.63) is 0 Å². The molecule has 2 unspecified atom stereocenters. The van der Waals surface area contributed by atoms with E-state index in [0.717, 1.165) is 25.9 Å². The van der Waals surface area contributed by atoms with Gasteiger partial charge in [0.05, 0.1) is 0 Å². The summed E-state index contributed by atoms with van der Waals surface area (Å²) in [4.78, 5) is 12.8. The van der Waals surface area contributed by atoms with Crippen LogP contribution in [0.15, 0.2) is 0 Å². The van der Waals surface area contributed by atoms with E-state index in [1.807, 2.05) is 0 Å². The average Bonchev–Trinajstić information content (AvgIpc) is 2.14. The van der Waals surface area contributed by atoms with Gasteiger partial charge in [0.15, 0.2) is 0 Å². The van der Waals surface area contributed by atoms with Gasteiger partial charge in [0.1, 0.15) is 6.10 Å². The second kappa shape index (κ2) is 5.29. The van der Waals surface area contributed by atoms with Gasteiger partial charge in [-0.15, -0.1) is 0 Å². The third kappa shape index (κ3) is 3.61. The van der Waals surface area contributed by atoms with Crippen LogP contribution in [-0.2, 0) is 4.79 Å². The molecule has 5 heteroatoms. The summed E-state index contributed by atoms with van der Waals surface area (Å²) in [6.45, 7) is 2.34. The first-order valence-electron chi connectivity index (χ1n) is 4.99. The maximum atomic E-state index is 10.6. The molecule has 4 N–H and O–H groups in total. The number of carbonyl (C=O) groups is 1. The Balaban J connectivity index is 2.20. The summed E-state index contributed by atoms with van der Waals surface area (Å²) in [5, 5.41) is 12.3. The third-order valence-electron chi connectivity index (χ3n) is 2.55. The number of aliphatic hydroxyl groups is 1. The fraction of sp³-hybridized carbons (Fsp3) is 0.889. The van der Waals surface area contributed by atoms with E-state index in [2.05, 4.69) is 17.3 Å². The topological polar surface area (TPSA) is 78.6 Å². The number of nitrogens with zero attached hydrogens (tertiary/aromatic N) is 1. The Morgan fingerprint density at radius 3 is 3.07 bits per heavy atom. The quantitative estimate of drug-likeness (QED) is 0.518. The molecule has 0 aromatic rings. The first-order valence-corrected chi connectivity index (χ1v) is 4.99. The predicted molar refractivity (Wildman–Crippen MR) is 53.7 cm³/mol. The largest absolute Gasteiger partial charge is 0.382 e. The van der Waals surface area contributed by atoms with Crippen molar-refractivity contribution in [3.63, 3.8) is 0 Å². The molecule has 1 aliphatic rings. The molecule has 1 fully saturated rings. The fourth-order valence-electron chi connectivity index (χ4n) is 1.71. The minimum Gasteiger partial charge on any atom is -0.382 e. The predicted octanol–water partition coefficient (Wildman–Crippen LogP) is -1.48. The molecule has 2 atom stereocenters. The molecule has 0 spiro atoms. The lowest BCUT2D eigenvalue weighted by Crippen LogP contribution is -2.48. The number of nitrogens with one attached hydrogen (secondary N) is 1. The summed E-state index contributed by atoms with van der Waals surface area (Å²) in [6, 6.07) is 0.364. The van der Waals surface area contributed by atoms with Gasteiger partial charge in [0, 0.05) is 19.1 Å². The monoisotopic (exact) mass is 201 g/mol. The Labute approximate surface area is 84.3 Å². The van der Waals surface area contributed by atoms with Gasteiger partial charge in [-0.1, -0.05) is 0 Å². The first kappa shape index (κ1) is 11.4. The number of hydrogen-bond acceptors (Lipinski definition) is 4. The highest BCUT2D eigenvalue weighted by molar-refractivity contribution is 5.78. The first-order chi connectivity index (χ1) is 6.59. The Bertz CT molecular complexity index is 198. The Hall–Kier alpha value is -0.650. The lowest BCUT2D eigenvalue weighted by Gasteiger charge is -2.30. The molecule has 0 aromatic carbocycles. The zero-order valence-corrected chi connectivity index (χ0v) is 8.57. The Kier molecular flexibility index (Phi) is 4.31. The summed E-state index contributed by atoms with van der Waals surface area (Å²) in [6.07, 6.45) is 1.18. The molecule has 1 saturated heterocycles. The summed E-state index contributed by atoms with van der Waals surface area (Å²) in [5.74, 6) is -0.665. The minimum atomic E-state index is -1.07. The molecular weight excluding hydrogens is 182 g/mol. The Morgan fingerprint density at radius 2 is 2.50 bits per heavy atom. The lowest BCUT2D eigenvalue weighted by molar-refractivity contribution is -0.125. The van der Waals surface area contributed by atoms with Gasteiger partial charge in [-0.05, 0) is 26.4 Å². The number of likely N-dealkylation sites (N-methyl/N-ethyl adjacent to an activating group) is 1. The fourth-order valence-corrected chi connectivity index (χ4v) is 1.71. The maximum Gasteiger partial charge on any atom is 0.247 e. The number of likely N-dealkylation sites (tertiary alicyclic amines) is 1. The van der Waals surface area contributed by atoms with E-state index < -0.39 is 12.0 Å². The molecule has 1 heterocycles. The van der Waals surface area contributed by atoms with E-state index in [9.17, 15) is 9.90 Å². The highest BCUT2D eigenvalue weighted by atomic mass is 16.3. The number of hydrogen-bond donors (Lipinski definition) is 3. The molecule has 0 radical (unpaired) electrons. The number of amides is 1. The smallest absolute Gasteiger partial charge is 0.247 e. The number of piperidine rings is 1. The molecule has 0 bridgehead atoms. The van der Waals surface area contributed by atoms with Crippen LogP contribution in [0.5, 0.6) is 0 Å². The van der Waals surface area contributed by atoms with E-state index in [1.54, 1.807) is 0 Å². The average molecular weight is 201 g/mol. The van der Waals surface area contributed by atoms with Crippen molar-refractivity contribution in [1.82, 2.24) is 10.2 Å². The van der Waals surface area contributed by atoms with Crippen LogP contribution in [0.3, 0.4) is 0 Å². The molecule has 0 aromatic heterocycles. The molecular formula is C9H19N3O2. The van der Waals surface area contributed by atoms with E-state index >= 15 is 0 Å². The highest BCUT2D eigenvalue weighted by Crippen LogP contribution is 2.07. The van der Waals surface area contributed by atoms with Gasteiger partial charge < -0.3 is 21.1 Å². The molecule has 0 aliphatic carbocycles. The van der Waals surface area contributed by atoms with Crippen LogP contribution in [0.2, 0.25) is 0 Å². The second-order valence-corrected chi connectivity index (χ2v) is 3.93. The number of aliphatic hydroxyl groups excluding tert-OH is 1. The van der Waals surface area contributed by atoms with Crippen LogP contribution in [0.4, 0.5) is 0 Å². The zero-order chi connectivity index (χ0) is 10.6. The maximum absolute atomic E-state index is 10.6. The molecule has 5 nitrogen and oxygen atoms in total. The van der Waals surface area contributed by atoms with Crippen LogP contribution in [0, 0.1) is 0 Å². The molecule has 1 rings (SSSR count). The second-order valence-electron chi connectivity index (χ2n) is 3.93. The van der Waals surface area contributed by atoms with Crippen molar-refractivity contribution in [2.45, 2.75) is 25.0 Å². The van der Waals surface area contributed by atoms with Gasteiger partial charge >= 0.3 is 0 Å².